The van der Waals surface area contributed by atoms with Crippen LogP contribution in [0.1, 0.15) is 67.9 Å². The highest BCUT2D eigenvalue weighted by Crippen LogP contribution is 2.30. The molecule has 35 heavy (non-hydrogen) atoms. The lowest BCUT2D eigenvalue weighted by Crippen LogP contribution is -2.22. The fraction of sp³-hybridized carbons (Fsp3) is 0.231. The number of furan rings is 1. The molecule has 180 valence electrons. The summed E-state index contributed by atoms with van der Waals surface area (Å²) in [5.41, 5.74) is 5.61. The van der Waals surface area contributed by atoms with Gasteiger partial charge in [0.25, 0.3) is 11.8 Å². The molecule has 1 aliphatic carbocycles. The molecular formula is C26H24FN3O5. The molecule has 4 rings (SSSR count). The zero-order valence-electron chi connectivity index (χ0n) is 19.3. The van der Waals surface area contributed by atoms with E-state index in [9.17, 15) is 18.8 Å². The van der Waals surface area contributed by atoms with Gasteiger partial charge in [0.2, 0.25) is 0 Å². The summed E-state index contributed by atoms with van der Waals surface area (Å²) < 4.78 is 23.9. The predicted octanol–water partition coefficient (Wildman–Crippen LogP) is 4.63. The molecule has 1 aromatic heterocycles. The minimum atomic E-state index is -0.463. The first kappa shape index (κ1) is 23.9. The van der Waals surface area contributed by atoms with Crippen LogP contribution in [0.3, 0.4) is 0 Å². The van der Waals surface area contributed by atoms with Gasteiger partial charge in [-0.05, 0) is 75.2 Å². The SMILES string of the molecule is CCOC(=O)c1ccc(NC(=O)c2oc3c(c2C)/C(=N/NC(=O)c2ccc(F)cc2)CCC3)cc1. The van der Waals surface area contributed by atoms with Crippen molar-refractivity contribution in [3.8, 4) is 0 Å². The summed E-state index contributed by atoms with van der Waals surface area (Å²) in [6, 6.07) is 11.5. The number of esters is 1. The van der Waals surface area contributed by atoms with E-state index < -0.39 is 23.6 Å². The maximum absolute atomic E-state index is 13.1. The van der Waals surface area contributed by atoms with Gasteiger partial charge in [0.05, 0.1) is 17.9 Å². The van der Waals surface area contributed by atoms with E-state index in [0.29, 0.717) is 46.7 Å². The Morgan fingerprint density at radius 1 is 1.00 bits per heavy atom. The summed E-state index contributed by atoms with van der Waals surface area (Å²) in [6.45, 7) is 3.78. The highest BCUT2D eigenvalue weighted by molar-refractivity contribution is 6.09. The molecular weight excluding hydrogens is 453 g/mol. The quantitative estimate of drug-likeness (QED) is 0.397. The molecule has 1 heterocycles. The van der Waals surface area contributed by atoms with Crippen LogP contribution in [0.2, 0.25) is 0 Å². The fourth-order valence-electron chi connectivity index (χ4n) is 3.87. The van der Waals surface area contributed by atoms with Crippen LogP contribution < -0.4 is 10.7 Å². The molecule has 0 unspecified atom stereocenters. The Hall–Kier alpha value is -4.27. The Balaban J connectivity index is 1.50. The van der Waals surface area contributed by atoms with Crippen molar-refractivity contribution >= 4 is 29.2 Å². The number of hydrogen-bond donors (Lipinski definition) is 2. The number of hydrazone groups is 1. The summed E-state index contributed by atoms with van der Waals surface area (Å²) >= 11 is 0. The lowest BCUT2D eigenvalue weighted by Gasteiger charge is -2.13. The topological polar surface area (TPSA) is 110 Å². The lowest BCUT2D eigenvalue weighted by atomic mass is 9.93. The molecule has 0 spiro atoms. The number of carbonyl (C=O) groups excluding carboxylic acids is 3. The van der Waals surface area contributed by atoms with E-state index in [1.165, 1.54) is 24.3 Å². The summed E-state index contributed by atoms with van der Waals surface area (Å²) in [4.78, 5) is 37.1. The Bertz CT molecular complexity index is 1290. The van der Waals surface area contributed by atoms with Crippen molar-refractivity contribution in [2.45, 2.75) is 33.1 Å². The smallest absolute Gasteiger partial charge is 0.338 e. The number of amides is 2. The number of fused-ring (bicyclic) bond motifs is 1. The van der Waals surface area contributed by atoms with Gasteiger partial charge in [0.1, 0.15) is 11.6 Å². The van der Waals surface area contributed by atoms with E-state index in [0.717, 1.165) is 6.42 Å². The lowest BCUT2D eigenvalue weighted by molar-refractivity contribution is 0.0526. The monoisotopic (exact) mass is 477 g/mol. The van der Waals surface area contributed by atoms with Gasteiger partial charge in [0.15, 0.2) is 5.76 Å². The average Bonchev–Trinajstić information content (AvgIpc) is 3.20. The third-order valence-electron chi connectivity index (χ3n) is 5.58. The number of rotatable bonds is 6. The minimum Gasteiger partial charge on any atom is -0.462 e. The van der Waals surface area contributed by atoms with Crippen LogP contribution in [0.25, 0.3) is 0 Å². The Labute approximate surface area is 201 Å². The van der Waals surface area contributed by atoms with Crippen LogP contribution >= 0.6 is 0 Å². The van der Waals surface area contributed by atoms with Gasteiger partial charge < -0.3 is 14.5 Å². The van der Waals surface area contributed by atoms with Gasteiger partial charge in [-0.2, -0.15) is 5.10 Å². The number of nitrogens with zero attached hydrogens (tertiary/aromatic N) is 1. The first-order valence-corrected chi connectivity index (χ1v) is 11.2. The second-order valence-corrected chi connectivity index (χ2v) is 7.97. The summed E-state index contributed by atoms with van der Waals surface area (Å²) in [5.74, 6) is -0.974. The number of benzene rings is 2. The number of aryl methyl sites for hydroxylation is 1. The molecule has 0 atom stereocenters. The van der Waals surface area contributed by atoms with E-state index in [-0.39, 0.29) is 17.9 Å². The minimum absolute atomic E-state index is 0.156. The largest absolute Gasteiger partial charge is 0.462 e. The van der Waals surface area contributed by atoms with Gasteiger partial charge in [-0.1, -0.05) is 0 Å². The van der Waals surface area contributed by atoms with Gasteiger partial charge in [-0.3, -0.25) is 9.59 Å². The van der Waals surface area contributed by atoms with E-state index in [2.05, 4.69) is 15.8 Å². The highest BCUT2D eigenvalue weighted by Gasteiger charge is 2.28. The summed E-state index contributed by atoms with van der Waals surface area (Å²) in [5, 5.41) is 7.04. The maximum atomic E-state index is 13.1. The third kappa shape index (κ3) is 5.29. The molecule has 2 amide bonds. The number of carbonyl (C=O) groups is 3. The van der Waals surface area contributed by atoms with Gasteiger partial charge in [-0.15, -0.1) is 0 Å². The standard InChI is InChI=1S/C26H24FN3O5/c1-3-34-26(33)17-9-13-19(14-10-17)28-25(32)23-15(2)22-20(5-4-6-21(22)35-23)29-30-24(31)16-7-11-18(27)12-8-16/h7-14H,3-6H2,1-2H3,(H,28,32)(H,30,31)/b29-20+. The number of ether oxygens (including phenoxy) is 1. The summed E-state index contributed by atoms with van der Waals surface area (Å²) in [6.07, 6.45) is 2.00. The second kappa shape index (κ2) is 10.3. The van der Waals surface area contributed by atoms with Gasteiger partial charge in [0, 0.05) is 28.8 Å². The first-order chi connectivity index (χ1) is 16.9. The zero-order valence-corrected chi connectivity index (χ0v) is 19.3. The molecule has 2 N–H and O–H groups in total. The normalized spacial score (nSPS) is 13.7. The van der Waals surface area contributed by atoms with Crippen molar-refractivity contribution in [1.82, 2.24) is 5.43 Å². The van der Waals surface area contributed by atoms with E-state index >= 15 is 0 Å². The Morgan fingerprint density at radius 3 is 2.37 bits per heavy atom. The second-order valence-electron chi connectivity index (χ2n) is 7.97. The maximum Gasteiger partial charge on any atom is 0.338 e. The molecule has 1 aliphatic rings. The van der Waals surface area contributed by atoms with Gasteiger partial charge in [-0.25, -0.2) is 14.6 Å². The van der Waals surface area contributed by atoms with E-state index in [1.807, 2.05) is 0 Å². The average molecular weight is 477 g/mol. The number of hydrogen-bond acceptors (Lipinski definition) is 6. The number of anilines is 1. The predicted molar refractivity (Wildman–Crippen MR) is 127 cm³/mol. The molecule has 9 heteroatoms. The third-order valence-corrected chi connectivity index (χ3v) is 5.58. The molecule has 2 aromatic carbocycles. The Morgan fingerprint density at radius 2 is 1.69 bits per heavy atom. The first-order valence-electron chi connectivity index (χ1n) is 11.2. The molecule has 0 aliphatic heterocycles. The van der Waals surface area contributed by atoms with Crippen LogP contribution in [-0.2, 0) is 11.2 Å². The summed E-state index contributed by atoms with van der Waals surface area (Å²) in [7, 11) is 0. The Kier molecular flexibility index (Phi) is 7.05. The van der Waals surface area contributed by atoms with Crippen LogP contribution in [-0.4, -0.2) is 30.1 Å². The van der Waals surface area contributed by atoms with Crippen LogP contribution in [0, 0.1) is 12.7 Å². The van der Waals surface area contributed by atoms with Crippen LogP contribution in [0.15, 0.2) is 58.0 Å². The van der Waals surface area contributed by atoms with Crippen molar-refractivity contribution in [2.75, 3.05) is 11.9 Å². The van der Waals surface area contributed by atoms with Crippen LogP contribution in [0.5, 0.6) is 0 Å². The van der Waals surface area contributed by atoms with Crippen LogP contribution in [0.4, 0.5) is 10.1 Å². The number of nitrogens with one attached hydrogen (secondary N) is 2. The fourth-order valence-corrected chi connectivity index (χ4v) is 3.87. The molecule has 0 bridgehead atoms. The van der Waals surface area contributed by atoms with E-state index in [1.54, 1.807) is 38.1 Å². The van der Waals surface area contributed by atoms with Crippen molar-refractivity contribution in [1.29, 1.82) is 0 Å². The molecule has 0 saturated heterocycles. The molecule has 0 fully saturated rings. The zero-order chi connectivity index (χ0) is 24.9. The highest BCUT2D eigenvalue weighted by atomic mass is 19.1. The van der Waals surface area contributed by atoms with Crippen molar-refractivity contribution in [3.05, 3.63) is 88.1 Å². The van der Waals surface area contributed by atoms with E-state index in [4.69, 9.17) is 9.15 Å². The van der Waals surface area contributed by atoms with Crippen molar-refractivity contribution in [3.63, 3.8) is 0 Å². The number of halogens is 1. The van der Waals surface area contributed by atoms with Crippen molar-refractivity contribution < 1.29 is 27.9 Å². The molecule has 0 radical (unpaired) electrons. The molecule has 8 nitrogen and oxygen atoms in total. The van der Waals surface area contributed by atoms with Crippen molar-refractivity contribution in [2.24, 2.45) is 5.10 Å². The molecule has 0 saturated carbocycles. The van der Waals surface area contributed by atoms with Gasteiger partial charge >= 0.3 is 5.97 Å². The molecule has 3 aromatic rings.